The molecular formula is C30H37F2N3O2. The van der Waals surface area contributed by atoms with E-state index in [2.05, 4.69) is 10.3 Å². The summed E-state index contributed by atoms with van der Waals surface area (Å²) in [6.45, 7) is 4.11. The van der Waals surface area contributed by atoms with E-state index in [9.17, 15) is 13.6 Å². The third-order valence-electron chi connectivity index (χ3n) is 8.09. The Morgan fingerprint density at radius 3 is 2.38 bits per heavy atom. The van der Waals surface area contributed by atoms with Crippen LogP contribution in [0.25, 0.3) is 11.0 Å². The van der Waals surface area contributed by atoms with Gasteiger partial charge in [0.15, 0.2) is 11.6 Å². The number of nitrogens with zero attached hydrogens (tertiary/aromatic N) is 2. The summed E-state index contributed by atoms with van der Waals surface area (Å²) in [5, 5.41) is 3.32. The zero-order valence-electron chi connectivity index (χ0n) is 21.9. The van der Waals surface area contributed by atoms with E-state index in [0.29, 0.717) is 16.9 Å². The maximum absolute atomic E-state index is 14.5. The number of amides is 1. The van der Waals surface area contributed by atoms with Gasteiger partial charge in [-0.2, -0.15) is 0 Å². The first kappa shape index (κ1) is 25.7. The predicted octanol–water partition coefficient (Wildman–Crippen LogP) is 7.08. The molecule has 7 heteroatoms. The summed E-state index contributed by atoms with van der Waals surface area (Å²) >= 11 is 0. The fourth-order valence-electron chi connectivity index (χ4n) is 6.18. The van der Waals surface area contributed by atoms with Crippen LogP contribution >= 0.6 is 0 Å². The molecule has 2 aliphatic rings. The average molecular weight is 510 g/mol. The van der Waals surface area contributed by atoms with E-state index in [1.165, 1.54) is 12.5 Å². The van der Waals surface area contributed by atoms with Gasteiger partial charge in [0, 0.05) is 18.2 Å². The Labute approximate surface area is 217 Å². The van der Waals surface area contributed by atoms with E-state index in [-0.39, 0.29) is 24.5 Å². The lowest BCUT2D eigenvalue weighted by Gasteiger charge is -2.33. The lowest BCUT2D eigenvalue weighted by Crippen LogP contribution is -2.44. The van der Waals surface area contributed by atoms with Crippen LogP contribution < -0.4 is 10.1 Å². The molecule has 198 valence electrons. The Kier molecular flexibility index (Phi) is 7.77. The predicted molar refractivity (Wildman–Crippen MR) is 141 cm³/mol. The van der Waals surface area contributed by atoms with E-state index in [0.717, 1.165) is 80.7 Å². The molecule has 3 aromatic rings. The van der Waals surface area contributed by atoms with Gasteiger partial charge in [0.25, 0.3) is 0 Å². The molecule has 5 nitrogen and oxygen atoms in total. The first-order chi connectivity index (χ1) is 17.9. The molecule has 2 aromatic carbocycles. The summed E-state index contributed by atoms with van der Waals surface area (Å²) in [6.07, 6.45) is 10.5. The van der Waals surface area contributed by atoms with Gasteiger partial charge in [-0.1, -0.05) is 56.2 Å². The molecule has 1 atom stereocenters. The molecule has 0 saturated heterocycles. The molecule has 1 amide bonds. The van der Waals surface area contributed by atoms with Gasteiger partial charge in [0.05, 0.1) is 11.0 Å². The number of aryl methyl sites for hydroxylation is 2. The van der Waals surface area contributed by atoms with Gasteiger partial charge in [0.1, 0.15) is 24.2 Å². The Hall–Kier alpha value is -2.96. The van der Waals surface area contributed by atoms with Crippen LogP contribution in [0.2, 0.25) is 0 Å². The van der Waals surface area contributed by atoms with Crippen molar-refractivity contribution in [3.8, 4) is 5.75 Å². The zero-order chi connectivity index (χ0) is 25.9. The lowest BCUT2D eigenvalue weighted by atomic mass is 9.83. The number of hydrogen-bond acceptors (Lipinski definition) is 3. The van der Waals surface area contributed by atoms with Crippen LogP contribution in [0.3, 0.4) is 0 Å². The lowest BCUT2D eigenvalue weighted by molar-refractivity contribution is -0.127. The molecule has 1 N–H and O–H groups in total. The average Bonchev–Trinajstić information content (AvgIpc) is 3.22. The summed E-state index contributed by atoms with van der Waals surface area (Å²) in [5.41, 5.74) is 2.91. The topological polar surface area (TPSA) is 56.2 Å². The summed E-state index contributed by atoms with van der Waals surface area (Å²) < 4.78 is 36.7. The second-order valence-corrected chi connectivity index (χ2v) is 10.9. The standard InChI is InChI=1S/C30H37F2N3O2/c1-19-13-14-27(20(2)15-19)37-18-28-34-25-16-23(31)24(32)17-26(25)35(28)29(21-9-5-3-6-10-21)30(36)33-22-11-7-4-8-12-22/h13-17,21-22,29H,3-12,18H2,1-2H3,(H,33,36). The molecule has 1 unspecified atom stereocenters. The molecule has 2 fully saturated rings. The highest BCUT2D eigenvalue weighted by atomic mass is 19.2. The normalized spacial score (nSPS) is 18.2. The second-order valence-electron chi connectivity index (χ2n) is 10.9. The molecule has 1 heterocycles. The minimum absolute atomic E-state index is 0.0457. The quantitative estimate of drug-likeness (QED) is 0.370. The van der Waals surface area contributed by atoms with Crippen LogP contribution in [0.1, 0.15) is 87.2 Å². The van der Waals surface area contributed by atoms with E-state index >= 15 is 0 Å². The van der Waals surface area contributed by atoms with Crippen LogP contribution in [-0.4, -0.2) is 21.5 Å². The number of nitrogens with one attached hydrogen (secondary N) is 1. The molecule has 2 saturated carbocycles. The Morgan fingerprint density at radius 2 is 1.68 bits per heavy atom. The maximum atomic E-state index is 14.5. The summed E-state index contributed by atoms with van der Waals surface area (Å²) in [4.78, 5) is 18.6. The highest BCUT2D eigenvalue weighted by Crippen LogP contribution is 2.37. The molecule has 0 bridgehead atoms. The molecule has 5 rings (SSSR count). The Morgan fingerprint density at radius 1 is 1.00 bits per heavy atom. The number of imidazole rings is 1. The van der Waals surface area contributed by atoms with Gasteiger partial charge in [0.2, 0.25) is 5.91 Å². The van der Waals surface area contributed by atoms with Gasteiger partial charge in [-0.05, 0) is 57.1 Å². The number of fused-ring (bicyclic) bond motifs is 1. The highest BCUT2D eigenvalue weighted by molar-refractivity contribution is 5.85. The highest BCUT2D eigenvalue weighted by Gasteiger charge is 2.35. The van der Waals surface area contributed by atoms with Crippen LogP contribution in [0.4, 0.5) is 8.78 Å². The number of benzene rings is 2. The van der Waals surface area contributed by atoms with Crippen molar-refractivity contribution in [2.24, 2.45) is 5.92 Å². The number of halogens is 2. The minimum atomic E-state index is -0.945. The van der Waals surface area contributed by atoms with Crippen LogP contribution in [0, 0.1) is 31.4 Å². The van der Waals surface area contributed by atoms with Gasteiger partial charge < -0.3 is 14.6 Å². The largest absolute Gasteiger partial charge is 0.485 e. The van der Waals surface area contributed by atoms with Crippen molar-refractivity contribution in [2.45, 2.75) is 96.7 Å². The SMILES string of the molecule is Cc1ccc(OCc2nc3cc(F)c(F)cc3n2C(C(=O)NC2CCCCC2)C2CCCCC2)c(C)c1. The molecule has 0 radical (unpaired) electrons. The van der Waals surface area contributed by atoms with Crippen LogP contribution in [0.5, 0.6) is 5.75 Å². The fourth-order valence-corrected chi connectivity index (χ4v) is 6.18. The number of carbonyl (C=O) groups excluding carboxylic acids is 1. The van der Waals surface area contributed by atoms with E-state index in [1.54, 1.807) is 0 Å². The number of hydrogen-bond donors (Lipinski definition) is 1. The summed E-state index contributed by atoms with van der Waals surface area (Å²) in [6, 6.07) is 7.87. The number of ether oxygens (including phenoxy) is 1. The van der Waals surface area contributed by atoms with E-state index < -0.39 is 17.7 Å². The monoisotopic (exact) mass is 509 g/mol. The van der Waals surface area contributed by atoms with Crippen molar-refractivity contribution in [1.82, 2.24) is 14.9 Å². The van der Waals surface area contributed by atoms with Gasteiger partial charge >= 0.3 is 0 Å². The smallest absolute Gasteiger partial charge is 0.243 e. The Balaban J connectivity index is 1.55. The van der Waals surface area contributed by atoms with Gasteiger partial charge in [-0.25, -0.2) is 13.8 Å². The minimum Gasteiger partial charge on any atom is -0.485 e. The molecule has 37 heavy (non-hydrogen) atoms. The second kappa shape index (κ2) is 11.2. The molecule has 0 aliphatic heterocycles. The van der Waals surface area contributed by atoms with Crippen LogP contribution in [0.15, 0.2) is 30.3 Å². The van der Waals surface area contributed by atoms with E-state index in [4.69, 9.17) is 4.74 Å². The fraction of sp³-hybridized carbons (Fsp3) is 0.533. The molecule has 1 aromatic heterocycles. The number of carbonyl (C=O) groups is 1. The maximum Gasteiger partial charge on any atom is 0.243 e. The van der Waals surface area contributed by atoms with Crippen molar-refractivity contribution >= 4 is 16.9 Å². The summed E-state index contributed by atoms with van der Waals surface area (Å²) in [5.74, 6) is -0.597. The van der Waals surface area contributed by atoms with Crippen molar-refractivity contribution in [2.75, 3.05) is 0 Å². The van der Waals surface area contributed by atoms with Crippen molar-refractivity contribution < 1.29 is 18.3 Å². The first-order valence-electron chi connectivity index (χ1n) is 13.8. The third kappa shape index (κ3) is 5.65. The third-order valence-corrected chi connectivity index (χ3v) is 8.09. The molecule has 0 spiro atoms. The van der Waals surface area contributed by atoms with Crippen molar-refractivity contribution in [3.63, 3.8) is 0 Å². The van der Waals surface area contributed by atoms with Crippen molar-refractivity contribution in [3.05, 3.63) is 58.9 Å². The van der Waals surface area contributed by atoms with Crippen LogP contribution in [-0.2, 0) is 11.4 Å². The molecular weight excluding hydrogens is 472 g/mol. The van der Waals surface area contributed by atoms with E-state index in [1.807, 2.05) is 36.6 Å². The number of rotatable bonds is 7. The van der Waals surface area contributed by atoms with Gasteiger partial charge in [-0.15, -0.1) is 0 Å². The summed E-state index contributed by atoms with van der Waals surface area (Å²) in [7, 11) is 0. The zero-order valence-corrected chi connectivity index (χ0v) is 21.9. The first-order valence-corrected chi connectivity index (χ1v) is 13.8. The van der Waals surface area contributed by atoms with Gasteiger partial charge in [-0.3, -0.25) is 4.79 Å². The number of aromatic nitrogens is 2. The van der Waals surface area contributed by atoms with Crippen molar-refractivity contribution in [1.29, 1.82) is 0 Å². The molecule has 2 aliphatic carbocycles. The Bertz CT molecular complexity index is 1260.